The molecule has 0 amide bonds. The highest BCUT2D eigenvalue weighted by atomic mass is 35.5. The number of tetrazole rings is 1. The van der Waals surface area contributed by atoms with Gasteiger partial charge in [-0.2, -0.15) is 0 Å². The number of benzene rings is 1. The first kappa shape index (κ1) is 20.8. The molecular formula is C19H31ClN6. The van der Waals surface area contributed by atoms with Crippen molar-refractivity contribution < 1.29 is 0 Å². The van der Waals surface area contributed by atoms with E-state index in [1.807, 2.05) is 4.68 Å². The van der Waals surface area contributed by atoms with Gasteiger partial charge in [0, 0.05) is 32.7 Å². The van der Waals surface area contributed by atoms with E-state index in [2.05, 4.69) is 77.4 Å². The summed E-state index contributed by atoms with van der Waals surface area (Å²) in [5, 5.41) is 12.7. The molecule has 1 fully saturated rings. The Bertz CT molecular complexity index is 661. The van der Waals surface area contributed by atoms with Gasteiger partial charge in [-0.15, -0.1) is 17.5 Å². The lowest BCUT2D eigenvalue weighted by atomic mass is 10.0. The lowest BCUT2D eigenvalue weighted by Crippen LogP contribution is -2.46. The van der Waals surface area contributed by atoms with E-state index >= 15 is 0 Å². The molecule has 1 aromatic heterocycles. The predicted molar refractivity (Wildman–Crippen MR) is 107 cm³/mol. The van der Waals surface area contributed by atoms with Crippen molar-refractivity contribution in [2.75, 3.05) is 33.2 Å². The van der Waals surface area contributed by atoms with Crippen LogP contribution in [0.2, 0.25) is 0 Å². The molecule has 3 rings (SSSR count). The van der Waals surface area contributed by atoms with Gasteiger partial charge < -0.3 is 4.90 Å². The van der Waals surface area contributed by atoms with Crippen LogP contribution in [-0.2, 0) is 6.54 Å². The number of likely N-dealkylation sites (N-methyl/N-ethyl adjacent to an activating group) is 1. The van der Waals surface area contributed by atoms with Crippen LogP contribution in [0.15, 0.2) is 24.3 Å². The second-order valence-electron chi connectivity index (χ2n) is 7.60. The van der Waals surface area contributed by atoms with Gasteiger partial charge in [0.1, 0.15) is 0 Å². The molecule has 6 nitrogen and oxygen atoms in total. The van der Waals surface area contributed by atoms with Crippen molar-refractivity contribution in [3.63, 3.8) is 0 Å². The summed E-state index contributed by atoms with van der Waals surface area (Å²) < 4.78 is 2.00. The van der Waals surface area contributed by atoms with Crippen LogP contribution in [0, 0.1) is 12.8 Å². The van der Waals surface area contributed by atoms with Crippen molar-refractivity contribution in [1.82, 2.24) is 30.0 Å². The molecule has 0 saturated carbocycles. The van der Waals surface area contributed by atoms with Crippen LogP contribution < -0.4 is 0 Å². The Morgan fingerprint density at radius 3 is 2.31 bits per heavy atom. The Labute approximate surface area is 163 Å². The van der Waals surface area contributed by atoms with Gasteiger partial charge in [-0.1, -0.05) is 43.7 Å². The molecule has 144 valence electrons. The van der Waals surface area contributed by atoms with E-state index in [0.717, 1.165) is 45.0 Å². The third kappa shape index (κ3) is 5.02. The summed E-state index contributed by atoms with van der Waals surface area (Å²) in [7, 11) is 2.19. The molecule has 26 heavy (non-hydrogen) atoms. The number of hydrogen-bond acceptors (Lipinski definition) is 5. The molecule has 1 aromatic carbocycles. The van der Waals surface area contributed by atoms with Gasteiger partial charge in [-0.3, -0.25) is 4.90 Å². The highest BCUT2D eigenvalue weighted by Crippen LogP contribution is 2.28. The Balaban J connectivity index is 0.00000243. The van der Waals surface area contributed by atoms with Crippen LogP contribution in [0.5, 0.6) is 0 Å². The lowest BCUT2D eigenvalue weighted by molar-refractivity contribution is 0.121. The van der Waals surface area contributed by atoms with Crippen LogP contribution in [-0.4, -0.2) is 63.2 Å². The summed E-state index contributed by atoms with van der Waals surface area (Å²) in [4.78, 5) is 4.90. The second kappa shape index (κ2) is 9.44. The van der Waals surface area contributed by atoms with E-state index < -0.39 is 0 Å². The summed E-state index contributed by atoms with van der Waals surface area (Å²) in [6.07, 6.45) is 1.08. The van der Waals surface area contributed by atoms with Gasteiger partial charge >= 0.3 is 0 Å². The minimum Gasteiger partial charge on any atom is -0.304 e. The van der Waals surface area contributed by atoms with Gasteiger partial charge in [0.2, 0.25) is 0 Å². The average molecular weight is 379 g/mol. The zero-order valence-corrected chi connectivity index (χ0v) is 17.1. The van der Waals surface area contributed by atoms with Crippen LogP contribution >= 0.6 is 12.4 Å². The third-order valence-corrected chi connectivity index (χ3v) is 5.02. The van der Waals surface area contributed by atoms with E-state index in [1.54, 1.807) is 0 Å². The van der Waals surface area contributed by atoms with Crippen LogP contribution in [0.4, 0.5) is 0 Å². The maximum atomic E-state index is 4.43. The topological polar surface area (TPSA) is 50.1 Å². The summed E-state index contributed by atoms with van der Waals surface area (Å²) >= 11 is 0. The van der Waals surface area contributed by atoms with Crippen molar-refractivity contribution in [2.45, 2.75) is 39.8 Å². The summed E-state index contributed by atoms with van der Waals surface area (Å²) in [5.74, 6) is 1.60. The number of nitrogens with zero attached hydrogens (tertiary/aromatic N) is 6. The summed E-state index contributed by atoms with van der Waals surface area (Å²) in [5.41, 5.74) is 2.55. The maximum absolute atomic E-state index is 4.43. The molecule has 0 aliphatic carbocycles. The minimum absolute atomic E-state index is 0. The van der Waals surface area contributed by atoms with Crippen molar-refractivity contribution in [3.05, 3.63) is 41.2 Å². The molecule has 1 aliphatic rings. The molecular weight excluding hydrogens is 348 g/mol. The fourth-order valence-electron chi connectivity index (χ4n) is 3.30. The Morgan fingerprint density at radius 1 is 1.04 bits per heavy atom. The molecule has 0 spiro atoms. The Morgan fingerprint density at radius 2 is 1.69 bits per heavy atom. The standard InChI is InChI=1S/C19H30N6.ClH/c1-15(2)9-10-25-19(20-21-22-25)18(17-7-5-16(3)6-8-17)24-13-11-23(4)12-14-24;/h5-8,15,18H,9-14H2,1-4H3;1H. The van der Waals surface area contributed by atoms with Crippen LogP contribution in [0.1, 0.15) is 43.3 Å². The monoisotopic (exact) mass is 378 g/mol. The van der Waals surface area contributed by atoms with Gasteiger partial charge in [0.25, 0.3) is 0 Å². The number of rotatable bonds is 6. The van der Waals surface area contributed by atoms with Crippen molar-refractivity contribution >= 4 is 12.4 Å². The van der Waals surface area contributed by atoms with E-state index in [0.29, 0.717) is 5.92 Å². The van der Waals surface area contributed by atoms with E-state index in [1.165, 1.54) is 11.1 Å². The molecule has 2 heterocycles. The molecule has 1 aliphatic heterocycles. The van der Waals surface area contributed by atoms with Crippen LogP contribution in [0.25, 0.3) is 0 Å². The zero-order valence-electron chi connectivity index (χ0n) is 16.3. The van der Waals surface area contributed by atoms with Gasteiger partial charge in [0.15, 0.2) is 5.82 Å². The van der Waals surface area contributed by atoms with Gasteiger partial charge in [-0.05, 0) is 42.3 Å². The minimum atomic E-state index is 0. The number of piperazine rings is 1. The van der Waals surface area contributed by atoms with E-state index in [9.17, 15) is 0 Å². The number of aryl methyl sites for hydroxylation is 2. The summed E-state index contributed by atoms with van der Waals surface area (Å²) in [6, 6.07) is 8.93. The summed E-state index contributed by atoms with van der Waals surface area (Å²) in [6.45, 7) is 11.7. The third-order valence-electron chi connectivity index (χ3n) is 5.02. The average Bonchev–Trinajstić information content (AvgIpc) is 3.05. The second-order valence-corrected chi connectivity index (χ2v) is 7.60. The van der Waals surface area contributed by atoms with Crippen molar-refractivity contribution in [3.8, 4) is 0 Å². The molecule has 1 saturated heterocycles. The fourth-order valence-corrected chi connectivity index (χ4v) is 3.30. The van der Waals surface area contributed by atoms with Crippen LogP contribution in [0.3, 0.4) is 0 Å². The molecule has 1 atom stereocenters. The largest absolute Gasteiger partial charge is 0.304 e. The first-order valence-corrected chi connectivity index (χ1v) is 9.30. The Kier molecular flexibility index (Phi) is 7.55. The first-order valence-electron chi connectivity index (χ1n) is 9.30. The molecule has 2 aromatic rings. The first-order chi connectivity index (χ1) is 12.0. The molecule has 0 bridgehead atoms. The predicted octanol–water partition coefficient (Wildman–Crippen LogP) is 2.79. The quantitative estimate of drug-likeness (QED) is 0.773. The van der Waals surface area contributed by atoms with Gasteiger partial charge in [0.05, 0.1) is 6.04 Å². The number of hydrogen-bond donors (Lipinski definition) is 0. The smallest absolute Gasteiger partial charge is 0.173 e. The molecule has 7 heteroatoms. The molecule has 1 unspecified atom stereocenters. The highest BCUT2D eigenvalue weighted by molar-refractivity contribution is 5.85. The fraction of sp³-hybridized carbons (Fsp3) is 0.632. The lowest BCUT2D eigenvalue weighted by Gasteiger charge is -2.37. The normalized spacial score (nSPS) is 17.3. The molecule has 0 radical (unpaired) electrons. The Hall–Kier alpha value is -1.50. The SMILES string of the molecule is Cc1ccc(C(c2nnnn2CCC(C)C)N2CCN(C)CC2)cc1.Cl. The van der Waals surface area contributed by atoms with Crippen molar-refractivity contribution in [2.24, 2.45) is 5.92 Å². The van der Waals surface area contributed by atoms with E-state index in [4.69, 9.17) is 0 Å². The zero-order chi connectivity index (χ0) is 17.8. The highest BCUT2D eigenvalue weighted by Gasteiger charge is 2.29. The van der Waals surface area contributed by atoms with Gasteiger partial charge in [-0.25, -0.2) is 4.68 Å². The number of halogens is 1. The maximum Gasteiger partial charge on any atom is 0.173 e. The molecule has 0 N–H and O–H groups in total. The van der Waals surface area contributed by atoms with E-state index in [-0.39, 0.29) is 18.4 Å². The number of aromatic nitrogens is 4. The van der Waals surface area contributed by atoms with Crippen molar-refractivity contribution in [1.29, 1.82) is 0 Å².